The van der Waals surface area contributed by atoms with Gasteiger partial charge in [0.2, 0.25) is 5.91 Å². The number of hydrogen-bond acceptors (Lipinski definition) is 3. The maximum atomic E-state index is 11.6. The zero-order valence-electron chi connectivity index (χ0n) is 10.2. The van der Waals surface area contributed by atoms with Gasteiger partial charge in [0.1, 0.15) is 0 Å². The first-order chi connectivity index (χ1) is 9.28. The van der Waals surface area contributed by atoms with Crippen LogP contribution in [0.3, 0.4) is 0 Å². The molecule has 1 heterocycles. The molecule has 4 heteroatoms. The maximum absolute atomic E-state index is 11.6. The molecule has 2 rings (SSSR count). The molecule has 2 aromatic rings. The molecule has 0 aliphatic heterocycles. The van der Waals surface area contributed by atoms with E-state index in [1.807, 2.05) is 29.6 Å². The highest BCUT2D eigenvalue weighted by molar-refractivity contribution is 7.10. The molecule has 0 saturated carbocycles. The van der Waals surface area contributed by atoms with E-state index in [-0.39, 0.29) is 5.91 Å². The highest BCUT2D eigenvalue weighted by atomic mass is 32.1. The minimum absolute atomic E-state index is 0.143. The lowest BCUT2D eigenvalue weighted by molar-refractivity contribution is -0.116. The van der Waals surface area contributed by atoms with Gasteiger partial charge in [-0.3, -0.25) is 4.79 Å². The third-order valence-corrected chi connectivity index (χ3v) is 3.30. The van der Waals surface area contributed by atoms with Gasteiger partial charge in [0.25, 0.3) is 0 Å². The second kappa shape index (κ2) is 6.53. The van der Waals surface area contributed by atoms with E-state index < -0.39 is 0 Å². The van der Waals surface area contributed by atoms with Crippen LogP contribution in [0.5, 0.6) is 0 Å². The lowest BCUT2D eigenvalue weighted by atomic mass is 10.1. The van der Waals surface area contributed by atoms with Gasteiger partial charge in [0, 0.05) is 17.5 Å². The average Bonchev–Trinajstić information content (AvgIpc) is 2.96. The molecule has 0 aliphatic rings. The topological polar surface area (TPSA) is 52.9 Å². The van der Waals surface area contributed by atoms with Crippen molar-refractivity contribution in [3.05, 3.63) is 63.9 Å². The summed E-state index contributed by atoms with van der Waals surface area (Å²) in [4.78, 5) is 12.7. The summed E-state index contributed by atoms with van der Waals surface area (Å²) in [5.41, 5.74) is 1.51. The molecule has 94 valence electrons. The number of nitriles is 1. The molecule has 0 unspecified atom stereocenters. The van der Waals surface area contributed by atoms with Crippen molar-refractivity contribution in [2.24, 2.45) is 0 Å². The Morgan fingerprint density at radius 3 is 3.00 bits per heavy atom. The Morgan fingerprint density at radius 1 is 1.37 bits per heavy atom. The predicted molar refractivity (Wildman–Crippen MR) is 76.4 cm³/mol. The molecule has 0 fully saturated rings. The summed E-state index contributed by atoms with van der Waals surface area (Å²) in [6, 6.07) is 13.2. The molecular formula is C15H12N2OS. The number of carbonyl (C=O) groups excluding carboxylic acids is 1. The lowest BCUT2D eigenvalue weighted by Crippen LogP contribution is -2.20. The summed E-state index contributed by atoms with van der Waals surface area (Å²) < 4.78 is 0. The summed E-state index contributed by atoms with van der Waals surface area (Å²) in [6.07, 6.45) is 3.30. The summed E-state index contributed by atoms with van der Waals surface area (Å²) in [7, 11) is 0. The van der Waals surface area contributed by atoms with Crippen LogP contribution >= 0.6 is 11.3 Å². The number of amides is 1. The number of carbonyl (C=O) groups is 1. The van der Waals surface area contributed by atoms with Crippen molar-refractivity contribution in [3.63, 3.8) is 0 Å². The van der Waals surface area contributed by atoms with Gasteiger partial charge >= 0.3 is 0 Å². The average molecular weight is 268 g/mol. The molecule has 0 radical (unpaired) electrons. The number of nitrogens with one attached hydrogen (secondary N) is 1. The fourth-order valence-corrected chi connectivity index (χ4v) is 2.16. The molecular weight excluding hydrogens is 256 g/mol. The zero-order valence-corrected chi connectivity index (χ0v) is 11.0. The van der Waals surface area contributed by atoms with Crippen LogP contribution in [0, 0.1) is 11.3 Å². The van der Waals surface area contributed by atoms with Gasteiger partial charge in [0.05, 0.1) is 11.6 Å². The number of nitrogens with zero attached hydrogens (tertiary/aromatic N) is 1. The quantitative estimate of drug-likeness (QED) is 0.867. The summed E-state index contributed by atoms with van der Waals surface area (Å²) >= 11 is 1.58. The lowest BCUT2D eigenvalue weighted by Gasteiger charge is -2.02. The van der Waals surface area contributed by atoms with Crippen molar-refractivity contribution < 1.29 is 4.79 Å². The van der Waals surface area contributed by atoms with Gasteiger partial charge in [-0.25, -0.2) is 0 Å². The van der Waals surface area contributed by atoms with Gasteiger partial charge in [-0.05, 0) is 35.2 Å². The monoisotopic (exact) mass is 268 g/mol. The normalized spacial score (nSPS) is 10.3. The van der Waals surface area contributed by atoms with Crippen LogP contribution in [0.2, 0.25) is 0 Å². The number of rotatable bonds is 4. The van der Waals surface area contributed by atoms with Crippen molar-refractivity contribution in [2.75, 3.05) is 0 Å². The fraction of sp³-hybridized carbons (Fsp3) is 0.0667. The molecule has 1 N–H and O–H groups in total. The Kier molecular flexibility index (Phi) is 4.49. The first-order valence-corrected chi connectivity index (χ1v) is 6.64. The Hall–Kier alpha value is -2.38. The van der Waals surface area contributed by atoms with E-state index in [4.69, 9.17) is 5.26 Å². The predicted octanol–water partition coefficient (Wildman–Crippen LogP) is 2.95. The smallest absolute Gasteiger partial charge is 0.244 e. The van der Waals surface area contributed by atoms with Gasteiger partial charge < -0.3 is 5.32 Å². The van der Waals surface area contributed by atoms with E-state index in [0.29, 0.717) is 12.1 Å². The minimum Gasteiger partial charge on any atom is -0.348 e. The van der Waals surface area contributed by atoms with Gasteiger partial charge in [-0.1, -0.05) is 18.2 Å². The number of hydrogen-bond donors (Lipinski definition) is 1. The molecule has 3 nitrogen and oxygen atoms in total. The SMILES string of the molecule is N#Cc1cccc(CNC(=O)/C=C/c2cccs2)c1. The molecule has 1 aromatic heterocycles. The molecule has 0 spiro atoms. The fourth-order valence-electron chi connectivity index (χ4n) is 1.54. The second-order valence-corrected chi connectivity index (χ2v) is 4.86. The molecule has 0 atom stereocenters. The van der Waals surface area contributed by atoms with Crippen molar-refractivity contribution >= 4 is 23.3 Å². The molecule has 19 heavy (non-hydrogen) atoms. The molecule has 1 aromatic carbocycles. The zero-order chi connectivity index (χ0) is 13.5. The van der Waals surface area contributed by atoms with Crippen LogP contribution in [0.4, 0.5) is 0 Å². The van der Waals surface area contributed by atoms with Crippen LogP contribution in [-0.4, -0.2) is 5.91 Å². The molecule has 0 bridgehead atoms. The first kappa shape index (κ1) is 13.1. The third kappa shape index (κ3) is 4.09. The highest BCUT2D eigenvalue weighted by Gasteiger charge is 1.98. The van der Waals surface area contributed by atoms with Crippen molar-refractivity contribution in [2.45, 2.75) is 6.54 Å². The molecule has 1 amide bonds. The van der Waals surface area contributed by atoms with E-state index in [2.05, 4.69) is 11.4 Å². The van der Waals surface area contributed by atoms with Crippen molar-refractivity contribution in [1.82, 2.24) is 5.32 Å². The van der Waals surface area contributed by atoms with E-state index in [1.165, 1.54) is 6.08 Å². The van der Waals surface area contributed by atoms with E-state index in [0.717, 1.165) is 10.4 Å². The van der Waals surface area contributed by atoms with E-state index >= 15 is 0 Å². The van der Waals surface area contributed by atoms with Crippen LogP contribution in [0.25, 0.3) is 6.08 Å². The highest BCUT2D eigenvalue weighted by Crippen LogP contribution is 2.10. The van der Waals surface area contributed by atoms with Gasteiger partial charge in [0.15, 0.2) is 0 Å². The van der Waals surface area contributed by atoms with Crippen molar-refractivity contribution in [3.8, 4) is 6.07 Å². The summed E-state index contributed by atoms with van der Waals surface area (Å²) in [6.45, 7) is 0.420. The van der Waals surface area contributed by atoms with Crippen LogP contribution < -0.4 is 5.32 Å². The van der Waals surface area contributed by atoms with Crippen molar-refractivity contribution in [1.29, 1.82) is 5.26 Å². The Morgan fingerprint density at radius 2 is 2.26 bits per heavy atom. The van der Waals surface area contributed by atoms with E-state index in [9.17, 15) is 4.79 Å². The third-order valence-electron chi connectivity index (χ3n) is 2.46. The Labute approximate surface area is 115 Å². The molecule has 0 saturated heterocycles. The van der Waals surface area contributed by atoms with Gasteiger partial charge in [-0.2, -0.15) is 5.26 Å². The first-order valence-electron chi connectivity index (χ1n) is 5.76. The second-order valence-electron chi connectivity index (χ2n) is 3.88. The maximum Gasteiger partial charge on any atom is 0.244 e. The van der Waals surface area contributed by atoms with Crippen LogP contribution in [0.1, 0.15) is 16.0 Å². The van der Waals surface area contributed by atoms with E-state index in [1.54, 1.807) is 29.5 Å². The summed E-state index contributed by atoms with van der Waals surface area (Å²) in [5, 5.41) is 13.5. The largest absolute Gasteiger partial charge is 0.348 e. The standard InChI is InChI=1S/C15H12N2OS/c16-10-12-3-1-4-13(9-12)11-17-15(18)7-6-14-5-2-8-19-14/h1-9H,11H2,(H,17,18)/b7-6+. The molecule has 0 aliphatic carbocycles. The van der Waals surface area contributed by atoms with Crippen LogP contribution in [-0.2, 0) is 11.3 Å². The number of thiophene rings is 1. The van der Waals surface area contributed by atoms with Crippen LogP contribution in [0.15, 0.2) is 47.9 Å². The summed E-state index contributed by atoms with van der Waals surface area (Å²) in [5.74, 6) is -0.143. The Bertz CT molecular complexity index is 624. The minimum atomic E-state index is -0.143. The Balaban J connectivity index is 1.88. The number of benzene rings is 1. The van der Waals surface area contributed by atoms with Gasteiger partial charge in [-0.15, -0.1) is 11.3 Å².